The van der Waals surface area contributed by atoms with Crippen molar-refractivity contribution in [1.82, 2.24) is 14.9 Å². The number of aromatic nitrogens is 2. The van der Waals surface area contributed by atoms with Crippen molar-refractivity contribution in [3.8, 4) is 0 Å². The maximum absolute atomic E-state index is 12.1. The SMILES string of the molecule is Cc1nnsc1C(=O)NCC1(S(C)(=O)=O)CCCCC1. The molecule has 0 atom stereocenters. The predicted molar refractivity (Wildman–Crippen MR) is 77.6 cm³/mol. The second kappa shape index (κ2) is 5.77. The summed E-state index contributed by atoms with van der Waals surface area (Å²) in [5.74, 6) is -0.286. The molecule has 0 spiro atoms. The minimum absolute atomic E-state index is 0.169. The topological polar surface area (TPSA) is 89.0 Å². The molecule has 0 aliphatic heterocycles. The van der Waals surface area contributed by atoms with Crippen LogP contribution in [0.25, 0.3) is 0 Å². The standard InChI is InChI=1S/C12H19N3O3S2/c1-9-10(19-15-14-9)11(16)13-8-12(20(2,17)18)6-4-3-5-7-12/h3-8H2,1-2H3,(H,13,16). The van der Waals surface area contributed by atoms with E-state index >= 15 is 0 Å². The van der Waals surface area contributed by atoms with E-state index in [0.717, 1.165) is 30.8 Å². The molecule has 0 bridgehead atoms. The van der Waals surface area contributed by atoms with Gasteiger partial charge in [-0.2, -0.15) is 0 Å². The molecule has 0 radical (unpaired) electrons. The van der Waals surface area contributed by atoms with Gasteiger partial charge in [-0.05, 0) is 31.3 Å². The van der Waals surface area contributed by atoms with Gasteiger partial charge in [0, 0.05) is 12.8 Å². The molecule has 1 heterocycles. The minimum atomic E-state index is -3.20. The summed E-state index contributed by atoms with van der Waals surface area (Å²) in [7, 11) is -3.20. The average Bonchev–Trinajstić information content (AvgIpc) is 2.82. The molecule has 1 amide bonds. The smallest absolute Gasteiger partial charge is 0.264 e. The van der Waals surface area contributed by atoms with Crippen LogP contribution in [0.2, 0.25) is 0 Å². The van der Waals surface area contributed by atoms with Gasteiger partial charge in [-0.1, -0.05) is 23.8 Å². The molecule has 0 saturated heterocycles. The number of hydrogen-bond acceptors (Lipinski definition) is 6. The van der Waals surface area contributed by atoms with E-state index in [1.165, 1.54) is 6.26 Å². The van der Waals surface area contributed by atoms with Crippen LogP contribution in [-0.4, -0.2) is 41.5 Å². The summed E-state index contributed by atoms with van der Waals surface area (Å²) >= 11 is 1.03. The second-order valence-corrected chi connectivity index (χ2v) is 8.55. The first-order valence-electron chi connectivity index (χ1n) is 6.62. The first-order chi connectivity index (χ1) is 9.36. The maximum Gasteiger partial charge on any atom is 0.264 e. The van der Waals surface area contributed by atoms with Crippen LogP contribution in [0, 0.1) is 6.92 Å². The summed E-state index contributed by atoms with van der Waals surface area (Å²) in [6, 6.07) is 0. The summed E-state index contributed by atoms with van der Waals surface area (Å²) in [5.41, 5.74) is 0.574. The number of nitrogens with one attached hydrogen (secondary N) is 1. The van der Waals surface area contributed by atoms with Gasteiger partial charge < -0.3 is 5.32 Å². The number of aryl methyl sites for hydroxylation is 1. The Hall–Kier alpha value is -1.02. The highest BCUT2D eigenvalue weighted by atomic mass is 32.2. The van der Waals surface area contributed by atoms with Crippen LogP contribution < -0.4 is 5.32 Å². The first-order valence-corrected chi connectivity index (χ1v) is 9.29. The average molecular weight is 317 g/mol. The highest BCUT2D eigenvalue weighted by Crippen LogP contribution is 2.34. The summed E-state index contributed by atoms with van der Waals surface area (Å²) in [6.45, 7) is 1.88. The van der Waals surface area contributed by atoms with Crippen molar-refractivity contribution in [1.29, 1.82) is 0 Å². The molecule has 20 heavy (non-hydrogen) atoms. The van der Waals surface area contributed by atoms with Gasteiger partial charge in [-0.15, -0.1) is 5.10 Å². The van der Waals surface area contributed by atoms with Crippen molar-refractivity contribution in [2.24, 2.45) is 0 Å². The molecule has 1 N–H and O–H groups in total. The lowest BCUT2D eigenvalue weighted by atomic mass is 9.88. The molecule has 1 fully saturated rings. The largest absolute Gasteiger partial charge is 0.350 e. The van der Waals surface area contributed by atoms with Crippen molar-refractivity contribution in [3.63, 3.8) is 0 Å². The van der Waals surface area contributed by atoms with Gasteiger partial charge in [0.1, 0.15) is 4.88 Å². The zero-order valence-electron chi connectivity index (χ0n) is 11.7. The summed E-state index contributed by atoms with van der Waals surface area (Å²) in [5, 5.41) is 6.54. The van der Waals surface area contributed by atoms with Gasteiger partial charge in [-0.3, -0.25) is 4.79 Å². The third-order valence-corrected chi connectivity index (χ3v) is 6.93. The number of amides is 1. The lowest BCUT2D eigenvalue weighted by molar-refractivity contribution is 0.0949. The van der Waals surface area contributed by atoms with Crippen molar-refractivity contribution in [3.05, 3.63) is 10.6 Å². The Morgan fingerprint density at radius 1 is 1.35 bits per heavy atom. The van der Waals surface area contributed by atoms with Gasteiger partial charge in [0.25, 0.3) is 5.91 Å². The number of carbonyl (C=O) groups is 1. The van der Waals surface area contributed by atoms with Crippen LogP contribution in [0.15, 0.2) is 0 Å². The summed E-state index contributed by atoms with van der Waals surface area (Å²) in [6.07, 6.45) is 5.35. The van der Waals surface area contributed by atoms with Crippen molar-refractivity contribution in [2.75, 3.05) is 12.8 Å². The number of carbonyl (C=O) groups excluding carboxylic acids is 1. The molecule has 0 unspecified atom stereocenters. The van der Waals surface area contributed by atoms with Crippen LogP contribution in [0.5, 0.6) is 0 Å². The zero-order chi connectivity index (χ0) is 14.8. The van der Waals surface area contributed by atoms with E-state index in [2.05, 4.69) is 14.9 Å². The molecule has 1 aliphatic rings. The number of rotatable bonds is 4. The molecule has 0 aromatic carbocycles. The zero-order valence-corrected chi connectivity index (χ0v) is 13.3. The van der Waals surface area contributed by atoms with E-state index in [0.29, 0.717) is 23.4 Å². The van der Waals surface area contributed by atoms with E-state index in [1.54, 1.807) is 6.92 Å². The second-order valence-electron chi connectivity index (χ2n) is 5.39. The Morgan fingerprint density at radius 3 is 2.50 bits per heavy atom. The van der Waals surface area contributed by atoms with Crippen LogP contribution >= 0.6 is 11.5 Å². The van der Waals surface area contributed by atoms with E-state index in [-0.39, 0.29) is 12.5 Å². The summed E-state index contributed by atoms with van der Waals surface area (Å²) in [4.78, 5) is 12.5. The summed E-state index contributed by atoms with van der Waals surface area (Å²) < 4.78 is 27.1. The highest BCUT2D eigenvalue weighted by molar-refractivity contribution is 7.92. The maximum atomic E-state index is 12.1. The van der Waals surface area contributed by atoms with Crippen LogP contribution in [0.1, 0.15) is 47.5 Å². The van der Waals surface area contributed by atoms with Gasteiger partial charge in [0.15, 0.2) is 9.84 Å². The fraction of sp³-hybridized carbons (Fsp3) is 0.750. The minimum Gasteiger partial charge on any atom is -0.350 e. The Kier molecular flexibility index (Phi) is 4.43. The fourth-order valence-electron chi connectivity index (χ4n) is 2.64. The molecule has 1 aliphatic carbocycles. The molecule has 6 nitrogen and oxygen atoms in total. The van der Waals surface area contributed by atoms with Crippen molar-refractivity contribution >= 4 is 27.3 Å². The van der Waals surface area contributed by atoms with Gasteiger partial charge in [-0.25, -0.2) is 8.42 Å². The van der Waals surface area contributed by atoms with E-state index < -0.39 is 14.6 Å². The molecular weight excluding hydrogens is 298 g/mol. The Balaban J connectivity index is 2.10. The van der Waals surface area contributed by atoms with Crippen molar-refractivity contribution in [2.45, 2.75) is 43.8 Å². The van der Waals surface area contributed by atoms with Crippen LogP contribution in [-0.2, 0) is 9.84 Å². The van der Waals surface area contributed by atoms with Gasteiger partial charge >= 0.3 is 0 Å². The molecule has 1 aromatic heterocycles. The number of nitrogens with zero attached hydrogens (tertiary/aromatic N) is 2. The highest BCUT2D eigenvalue weighted by Gasteiger charge is 2.42. The molecule has 1 aromatic rings. The van der Waals surface area contributed by atoms with Gasteiger partial charge in [0.2, 0.25) is 0 Å². The predicted octanol–water partition coefficient (Wildman–Crippen LogP) is 1.32. The normalized spacial score (nSPS) is 18.7. The Labute approximate surface area is 123 Å². The molecule has 2 rings (SSSR count). The third kappa shape index (κ3) is 3.01. The molecule has 112 valence electrons. The van der Waals surface area contributed by atoms with Gasteiger partial charge in [0.05, 0.1) is 10.4 Å². The van der Waals surface area contributed by atoms with Crippen LogP contribution in [0.4, 0.5) is 0 Å². The molecular formula is C12H19N3O3S2. The lowest BCUT2D eigenvalue weighted by Gasteiger charge is -2.35. The Morgan fingerprint density at radius 2 is 2.00 bits per heavy atom. The lowest BCUT2D eigenvalue weighted by Crippen LogP contribution is -2.49. The molecule has 1 saturated carbocycles. The quantitative estimate of drug-likeness (QED) is 0.905. The van der Waals surface area contributed by atoms with E-state index in [4.69, 9.17) is 0 Å². The monoisotopic (exact) mass is 317 g/mol. The van der Waals surface area contributed by atoms with E-state index in [1.807, 2.05) is 0 Å². The fourth-order valence-corrected chi connectivity index (χ4v) is 4.57. The molecule has 8 heteroatoms. The first kappa shape index (κ1) is 15.4. The number of sulfone groups is 1. The van der Waals surface area contributed by atoms with Crippen LogP contribution in [0.3, 0.4) is 0 Å². The van der Waals surface area contributed by atoms with E-state index in [9.17, 15) is 13.2 Å². The Bertz CT molecular complexity index is 589. The van der Waals surface area contributed by atoms with Crippen molar-refractivity contribution < 1.29 is 13.2 Å². The third-order valence-electron chi connectivity index (χ3n) is 3.98. The number of hydrogen-bond donors (Lipinski definition) is 1.